The van der Waals surface area contributed by atoms with Crippen molar-refractivity contribution >= 4 is 10.0 Å². The van der Waals surface area contributed by atoms with Crippen molar-refractivity contribution in [2.24, 2.45) is 5.92 Å². The van der Waals surface area contributed by atoms with Gasteiger partial charge in [-0.05, 0) is 31.9 Å². The maximum absolute atomic E-state index is 13.2. The number of sulfonamides is 1. The van der Waals surface area contributed by atoms with Gasteiger partial charge in [-0.3, -0.25) is 4.98 Å². The summed E-state index contributed by atoms with van der Waals surface area (Å²) >= 11 is 0. The van der Waals surface area contributed by atoms with E-state index in [4.69, 9.17) is 0 Å². The van der Waals surface area contributed by atoms with Gasteiger partial charge in [0, 0.05) is 24.8 Å². The first-order valence-corrected chi connectivity index (χ1v) is 7.79. The molecule has 3 unspecified atom stereocenters. The lowest BCUT2D eigenvalue weighted by molar-refractivity contribution is 0.335. The molecule has 2 aliphatic rings. The topological polar surface area (TPSA) is 62.3 Å². The Morgan fingerprint density at radius 1 is 1.42 bits per heavy atom. The second-order valence-corrected chi connectivity index (χ2v) is 7.09. The molecule has 3 rings (SSSR count). The van der Waals surface area contributed by atoms with Crippen molar-refractivity contribution in [2.75, 3.05) is 13.1 Å². The van der Waals surface area contributed by atoms with Crippen molar-refractivity contribution < 1.29 is 12.8 Å². The molecule has 19 heavy (non-hydrogen) atoms. The molecule has 7 heteroatoms. The smallest absolute Gasteiger partial charge is 0.245 e. The highest BCUT2D eigenvalue weighted by atomic mass is 32.2. The van der Waals surface area contributed by atoms with Gasteiger partial charge in [0.2, 0.25) is 10.0 Å². The van der Waals surface area contributed by atoms with Crippen LogP contribution in [-0.2, 0) is 10.0 Å². The van der Waals surface area contributed by atoms with E-state index in [9.17, 15) is 12.8 Å². The predicted octanol–water partition coefficient (Wildman–Crippen LogP) is 0.592. The Bertz CT molecular complexity index is 592. The highest BCUT2D eigenvalue weighted by Crippen LogP contribution is 2.36. The molecule has 3 heterocycles. The molecule has 1 aromatic rings. The number of pyridine rings is 1. The lowest BCUT2D eigenvalue weighted by atomic mass is 10.0. The third-order valence-electron chi connectivity index (χ3n) is 3.96. The largest absolute Gasteiger partial charge is 0.315 e. The first-order valence-electron chi connectivity index (χ1n) is 6.35. The second kappa shape index (κ2) is 4.50. The second-order valence-electron chi connectivity index (χ2n) is 5.24. The molecular formula is C12H16FN3O2S. The van der Waals surface area contributed by atoms with E-state index in [-0.39, 0.29) is 17.0 Å². The van der Waals surface area contributed by atoms with Crippen molar-refractivity contribution in [1.82, 2.24) is 14.6 Å². The van der Waals surface area contributed by atoms with Crippen LogP contribution in [0.4, 0.5) is 4.39 Å². The Labute approximate surface area is 111 Å². The van der Waals surface area contributed by atoms with Crippen LogP contribution in [0.2, 0.25) is 0 Å². The SMILES string of the molecule is CC1CC2CNCC2N1S(=O)(=O)c1cncc(F)c1. The Hall–Kier alpha value is -1.05. The van der Waals surface area contributed by atoms with E-state index in [1.54, 1.807) is 0 Å². The summed E-state index contributed by atoms with van der Waals surface area (Å²) in [6.45, 7) is 3.42. The van der Waals surface area contributed by atoms with E-state index >= 15 is 0 Å². The van der Waals surface area contributed by atoms with Gasteiger partial charge in [0.05, 0.1) is 6.20 Å². The molecule has 1 N–H and O–H groups in total. The van der Waals surface area contributed by atoms with Crippen LogP contribution in [0, 0.1) is 11.7 Å². The van der Waals surface area contributed by atoms with Crippen LogP contribution in [-0.4, -0.2) is 42.9 Å². The summed E-state index contributed by atoms with van der Waals surface area (Å²) in [6, 6.07) is 0.957. The molecule has 0 radical (unpaired) electrons. The number of fused-ring (bicyclic) bond motifs is 1. The number of aromatic nitrogens is 1. The van der Waals surface area contributed by atoms with Crippen molar-refractivity contribution in [3.05, 3.63) is 24.3 Å². The Morgan fingerprint density at radius 3 is 2.95 bits per heavy atom. The normalized spacial score (nSPS) is 31.6. The summed E-state index contributed by atoms with van der Waals surface area (Å²) < 4.78 is 40.0. The molecular weight excluding hydrogens is 269 g/mol. The van der Waals surface area contributed by atoms with Crippen molar-refractivity contribution in [3.8, 4) is 0 Å². The summed E-state index contributed by atoms with van der Waals surface area (Å²) in [4.78, 5) is 3.57. The summed E-state index contributed by atoms with van der Waals surface area (Å²) in [5.74, 6) is -0.277. The molecule has 5 nitrogen and oxygen atoms in total. The highest BCUT2D eigenvalue weighted by Gasteiger charge is 2.47. The lowest BCUT2D eigenvalue weighted by Crippen LogP contribution is -2.42. The maximum atomic E-state index is 13.2. The van der Waals surface area contributed by atoms with Crippen LogP contribution in [0.5, 0.6) is 0 Å². The zero-order valence-corrected chi connectivity index (χ0v) is 11.4. The number of rotatable bonds is 2. The fourth-order valence-electron chi connectivity index (χ4n) is 3.20. The number of halogens is 1. The number of nitrogens with zero attached hydrogens (tertiary/aromatic N) is 2. The minimum absolute atomic E-state index is 0.0248. The lowest BCUT2D eigenvalue weighted by Gasteiger charge is -2.26. The molecule has 2 fully saturated rings. The molecule has 0 amide bonds. The molecule has 2 aliphatic heterocycles. The van der Waals surface area contributed by atoms with E-state index < -0.39 is 15.8 Å². The molecule has 104 valence electrons. The predicted molar refractivity (Wildman–Crippen MR) is 67.4 cm³/mol. The first kappa shape index (κ1) is 13.0. The van der Waals surface area contributed by atoms with Crippen LogP contribution in [0.15, 0.2) is 23.4 Å². The Morgan fingerprint density at radius 2 is 2.21 bits per heavy atom. The molecule has 1 aromatic heterocycles. The zero-order chi connectivity index (χ0) is 13.6. The van der Waals surface area contributed by atoms with Crippen LogP contribution in [0.3, 0.4) is 0 Å². The summed E-state index contributed by atoms with van der Waals surface area (Å²) in [5, 5.41) is 3.21. The minimum atomic E-state index is -3.67. The number of hydrogen-bond acceptors (Lipinski definition) is 4. The van der Waals surface area contributed by atoms with Crippen LogP contribution >= 0.6 is 0 Å². The van der Waals surface area contributed by atoms with Gasteiger partial charge in [-0.25, -0.2) is 12.8 Å². The average molecular weight is 285 g/mol. The first-order chi connectivity index (χ1) is 9.00. The van der Waals surface area contributed by atoms with Gasteiger partial charge in [-0.15, -0.1) is 0 Å². The Kier molecular flexibility index (Phi) is 3.07. The number of nitrogens with one attached hydrogen (secondary N) is 1. The molecule has 0 aliphatic carbocycles. The molecule has 0 aromatic carbocycles. The summed E-state index contributed by atoms with van der Waals surface area (Å²) in [5.41, 5.74) is 0. The van der Waals surface area contributed by atoms with E-state index in [1.807, 2.05) is 6.92 Å². The van der Waals surface area contributed by atoms with E-state index in [0.717, 1.165) is 25.2 Å². The van der Waals surface area contributed by atoms with Crippen LogP contribution in [0.1, 0.15) is 13.3 Å². The third kappa shape index (κ3) is 2.05. The summed E-state index contributed by atoms with van der Waals surface area (Å²) in [6.07, 6.45) is 3.06. The average Bonchev–Trinajstić information content (AvgIpc) is 2.88. The van der Waals surface area contributed by atoms with Gasteiger partial charge in [0.1, 0.15) is 10.7 Å². The van der Waals surface area contributed by atoms with Gasteiger partial charge in [0.25, 0.3) is 0 Å². The summed E-state index contributed by atoms with van der Waals surface area (Å²) in [7, 11) is -3.67. The fourth-order valence-corrected chi connectivity index (χ4v) is 5.06. The zero-order valence-electron chi connectivity index (χ0n) is 10.6. The molecule has 0 spiro atoms. The van der Waals surface area contributed by atoms with Gasteiger partial charge in [0.15, 0.2) is 0 Å². The van der Waals surface area contributed by atoms with Crippen molar-refractivity contribution in [1.29, 1.82) is 0 Å². The highest BCUT2D eigenvalue weighted by molar-refractivity contribution is 7.89. The van der Waals surface area contributed by atoms with Gasteiger partial charge >= 0.3 is 0 Å². The molecule has 0 saturated carbocycles. The van der Waals surface area contributed by atoms with Gasteiger partial charge in [-0.2, -0.15) is 4.31 Å². The van der Waals surface area contributed by atoms with E-state index in [0.29, 0.717) is 12.5 Å². The third-order valence-corrected chi connectivity index (χ3v) is 5.97. The minimum Gasteiger partial charge on any atom is -0.315 e. The Balaban J connectivity index is 2.00. The fraction of sp³-hybridized carbons (Fsp3) is 0.583. The monoisotopic (exact) mass is 285 g/mol. The number of hydrogen-bond donors (Lipinski definition) is 1. The maximum Gasteiger partial charge on any atom is 0.245 e. The van der Waals surface area contributed by atoms with Gasteiger partial charge < -0.3 is 5.32 Å². The molecule has 0 bridgehead atoms. The van der Waals surface area contributed by atoms with E-state index in [2.05, 4.69) is 10.3 Å². The van der Waals surface area contributed by atoms with E-state index in [1.165, 1.54) is 10.5 Å². The standard InChI is InChI=1S/C12H16FN3O2S/c1-8-2-9-4-14-7-12(9)16(8)19(17,18)11-3-10(13)5-15-6-11/h3,5-6,8-9,12,14H,2,4,7H2,1H3. The van der Waals surface area contributed by atoms with Crippen molar-refractivity contribution in [3.63, 3.8) is 0 Å². The van der Waals surface area contributed by atoms with Crippen LogP contribution in [0.25, 0.3) is 0 Å². The quantitative estimate of drug-likeness (QED) is 0.864. The molecule has 3 atom stereocenters. The van der Waals surface area contributed by atoms with Crippen molar-refractivity contribution in [2.45, 2.75) is 30.3 Å². The van der Waals surface area contributed by atoms with Gasteiger partial charge in [-0.1, -0.05) is 0 Å². The van der Waals surface area contributed by atoms with Crippen LogP contribution < -0.4 is 5.32 Å². The molecule has 2 saturated heterocycles.